The second kappa shape index (κ2) is 6.75. The number of carboxylic acid groups (broad SMARTS) is 1. The Labute approximate surface area is 114 Å². The van der Waals surface area contributed by atoms with E-state index in [1.54, 1.807) is 23.8 Å². The molecule has 1 rings (SSSR count). The maximum atomic E-state index is 12.3. The SMILES string of the molecule is CCN(CCOC)C(=O)N1CCCC(C)(C(=O)O)C1. The van der Waals surface area contributed by atoms with E-state index in [1.807, 2.05) is 6.92 Å². The van der Waals surface area contributed by atoms with Crippen LogP contribution in [-0.2, 0) is 9.53 Å². The summed E-state index contributed by atoms with van der Waals surface area (Å²) in [5, 5.41) is 9.26. The zero-order valence-corrected chi connectivity index (χ0v) is 12.0. The van der Waals surface area contributed by atoms with Crippen LogP contribution in [0.2, 0.25) is 0 Å². The molecule has 1 N–H and O–H groups in total. The van der Waals surface area contributed by atoms with Crippen LogP contribution in [0.4, 0.5) is 4.79 Å². The maximum absolute atomic E-state index is 12.3. The van der Waals surface area contributed by atoms with Gasteiger partial charge in [0.15, 0.2) is 0 Å². The fourth-order valence-electron chi connectivity index (χ4n) is 2.37. The first-order valence-electron chi connectivity index (χ1n) is 6.71. The average Bonchev–Trinajstić information content (AvgIpc) is 2.39. The van der Waals surface area contributed by atoms with E-state index in [2.05, 4.69) is 0 Å². The highest BCUT2D eigenvalue weighted by Crippen LogP contribution is 2.30. The molecule has 6 heteroatoms. The number of nitrogens with zero attached hydrogens (tertiary/aromatic N) is 2. The molecule has 1 aliphatic rings. The van der Waals surface area contributed by atoms with E-state index < -0.39 is 11.4 Å². The van der Waals surface area contributed by atoms with Crippen LogP contribution in [-0.4, -0.2) is 66.8 Å². The fourth-order valence-corrected chi connectivity index (χ4v) is 2.37. The molecule has 1 aliphatic heterocycles. The second-order valence-electron chi connectivity index (χ2n) is 5.25. The van der Waals surface area contributed by atoms with Crippen molar-refractivity contribution in [3.63, 3.8) is 0 Å². The topological polar surface area (TPSA) is 70.1 Å². The molecule has 2 amide bonds. The Morgan fingerprint density at radius 3 is 2.68 bits per heavy atom. The van der Waals surface area contributed by atoms with Gasteiger partial charge >= 0.3 is 12.0 Å². The van der Waals surface area contributed by atoms with Crippen LogP contribution in [0.25, 0.3) is 0 Å². The normalized spacial score (nSPS) is 23.2. The molecular formula is C13H24N2O4. The summed E-state index contributed by atoms with van der Waals surface area (Å²) >= 11 is 0. The minimum atomic E-state index is -0.829. The van der Waals surface area contributed by atoms with Crippen molar-refractivity contribution in [3.05, 3.63) is 0 Å². The van der Waals surface area contributed by atoms with Gasteiger partial charge in [0.1, 0.15) is 0 Å². The minimum absolute atomic E-state index is 0.0910. The highest BCUT2D eigenvalue weighted by molar-refractivity contribution is 5.78. The molecule has 0 aromatic heterocycles. The smallest absolute Gasteiger partial charge is 0.320 e. The highest BCUT2D eigenvalue weighted by atomic mass is 16.5. The van der Waals surface area contributed by atoms with E-state index in [0.29, 0.717) is 32.7 Å². The van der Waals surface area contributed by atoms with Gasteiger partial charge in [-0.05, 0) is 26.7 Å². The van der Waals surface area contributed by atoms with Gasteiger partial charge in [-0.1, -0.05) is 0 Å². The third-order valence-electron chi connectivity index (χ3n) is 3.70. The van der Waals surface area contributed by atoms with Crippen LogP contribution < -0.4 is 0 Å². The Bertz CT molecular complexity index is 335. The average molecular weight is 272 g/mol. The molecule has 110 valence electrons. The number of urea groups is 1. The lowest BCUT2D eigenvalue weighted by molar-refractivity contribution is -0.150. The van der Waals surface area contributed by atoms with Crippen LogP contribution in [0, 0.1) is 5.41 Å². The van der Waals surface area contributed by atoms with Crippen molar-refractivity contribution in [2.24, 2.45) is 5.41 Å². The van der Waals surface area contributed by atoms with Gasteiger partial charge in [-0.25, -0.2) is 4.79 Å². The summed E-state index contributed by atoms with van der Waals surface area (Å²) in [6.45, 7) is 6.15. The lowest BCUT2D eigenvalue weighted by Crippen LogP contribution is -2.53. The first-order valence-corrected chi connectivity index (χ1v) is 6.71. The van der Waals surface area contributed by atoms with Gasteiger partial charge in [-0.3, -0.25) is 4.79 Å². The molecule has 1 atom stereocenters. The molecular weight excluding hydrogens is 248 g/mol. The first kappa shape index (κ1) is 15.8. The van der Waals surface area contributed by atoms with Gasteiger partial charge < -0.3 is 19.6 Å². The predicted molar refractivity (Wildman–Crippen MR) is 71.1 cm³/mol. The Balaban J connectivity index is 2.67. The molecule has 19 heavy (non-hydrogen) atoms. The number of ether oxygens (including phenoxy) is 1. The van der Waals surface area contributed by atoms with Crippen molar-refractivity contribution in [1.82, 2.24) is 9.80 Å². The Morgan fingerprint density at radius 1 is 1.47 bits per heavy atom. The lowest BCUT2D eigenvalue weighted by Gasteiger charge is -2.39. The number of amides is 2. The molecule has 0 radical (unpaired) electrons. The highest BCUT2D eigenvalue weighted by Gasteiger charge is 2.40. The minimum Gasteiger partial charge on any atom is -0.481 e. The van der Waals surface area contributed by atoms with Crippen LogP contribution in [0.3, 0.4) is 0 Å². The molecule has 0 aromatic carbocycles. The quantitative estimate of drug-likeness (QED) is 0.818. The number of piperidine rings is 1. The zero-order valence-electron chi connectivity index (χ0n) is 12.0. The third kappa shape index (κ3) is 3.83. The Kier molecular flexibility index (Phi) is 5.60. The number of hydrogen-bond donors (Lipinski definition) is 1. The summed E-state index contributed by atoms with van der Waals surface area (Å²) in [5.74, 6) is -0.829. The van der Waals surface area contributed by atoms with Crippen molar-refractivity contribution in [1.29, 1.82) is 0 Å². The van der Waals surface area contributed by atoms with E-state index in [1.165, 1.54) is 0 Å². The van der Waals surface area contributed by atoms with Gasteiger partial charge in [-0.2, -0.15) is 0 Å². The molecule has 6 nitrogen and oxygen atoms in total. The summed E-state index contributed by atoms with van der Waals surface area (Å²) in [6, 6.07) is -0.0910. The van der Waals surface area contributed by atoms with Crippen LogP contribution in [0.15, 0.2) is 0 Å². The molecule has 1 unspecified atom stereocenters. The second-order valence-corrected chi connectivity index (χ2v) is 5.25. The van der Waals surface area contributed by atoms with E-state index in [9.17, 15) is 14.7 Å². The summed E-state index contributed by atoms with van der Waals surface area (Å²) in [4.78, 5) is 27.0. The number of hydrogen-bond acceptors (Lipinski definition) is 3. The van der Waals surface area contributed by atoms with Gasteiger partial charge in [0.25, 0.3) is 0 Å². The first-order chi connectivity index (χ1) is 8.94. The Hall–Kier alpha value is -1.30. The molecule has 0 spiro atoms. The summed E-state index contributed by atoms with van der Waals surface area (Å²) in [7, 11) is 1.60. The standard InChI is InChI=1S/C13H24N2O4/c1-4-14(8-9-19-3)12(18)15-7-5-6-13(2,10-15)11(16)17/h4-10H2,1-3H3,(H,16,17). The zero-order chi connectivity index (χ0) is 14.5. The molecule has 0 aliphatic carbocycles. The maximum Gasteiger partial charge on any atom is 0.320 e. The van der Waals surface area contributed by atoms with E-state index in [4.69, 9.17) is 4.74 Å². The fraction of sp³-hybridized carbons (Fsp3) is 0.846. The van der Waals surface area contributed by atoms with Crippen molar-refractivity contribution < 1.29 is 19.4 Å². The number of aliphatic carboxylic acids is 1. The van der Waals surface area contributed by atoms with Crippen molar-refractivity contribution in [2.75, 3.05) is 39.9 Å². The van der Waals surface area contributed by atoms with Crippen LogP contribution in [0.1, 0.15) is 26.7 Å². The van der Waals surface area contributed by atoms with Crippen LogP contribution in [0.5, 0.6) is 0 Å². The van der Waals surface area contributed by atoms with E-state index in [0.717, 1.165) is 6.42 Å². The molecule has 1 heterocycles. The van der Waals surface area contributed by atoms with Crippen molar-refractivity contribution in [2.45, 2.75) is 26.7 Å². The number of carbonyl (C=O) groups excluding carboxylic acids is 1. The van der Waals surface area contributed by atoms with Gasteiger partial charge in [-0.15, -0.1) is 0 Å². The number of carbonyl (C=O) groups is 2. The summed E-state index contributed by atoms with van der Waals surface area (Å²) < 4.78 is 4.98. The Morgan fingerprint density at radius 2 is 2.16 bits per heavy atom. The number of likely N-dealkylation sites (tertiary alicyclic amines) is 1. The molecule has 1 fully saturated rings. The number of carboxylic acids is 1. The van der Waals surface area contributed by atoms with E-state index >= 15 is 0 Å². The number of rotatable bonds is 5. The lowest BCUT2D eigenvalue weighted by atomic mass is 9.82. The molecule has 0 aromatic rings. The predicted octanol–water partition coefficient (Wildman–Crippen LogP) is 1.26. The van der Waals surface area contributed by atoms with E-state index in [-0.39, 0.29) is 12.6 Å². The van der Waals surface area contributed by atoms with Gasteiger partial charge in [0, 0.05) is 33.3 Å². The van der Waals surface area contributed by atoms with Gasteiger partial charge in [0.05, 0.1) is 12.0 Å². The molecule has 0 saturated carbocycles. The monoisotopic (exact) mass is 272 g/mol. The van der Waals surface area contributed by atoms with Crippen molar-refractivity contribution >= 4 is 12.0 Å². The summed E-state index contributed by atoms with van der Waals surface area (Å²) in [5.41, 5.74) is -0.825. The van der Waals surface area contributed by atoms with Crippen LogP contribution >= 0.6 is 0 Å². The summed E-state index contributed by atoms with van der Waals surface area (Å²) in [6.07, 6.45) is 1.35. The number of likely N-dealkylation sites (N-methyl/N-ethyl adjacent to an activating group) is 1. The molecule has 0 bridgehead atoms. The number of methoxy groups -OCH3 is 1. The van der Waals surface area contributed by atoms with Crippen molar-refractivity contribution in [3.8, 4) is 0 Å². The largest absolute Gasteiger partial charge is 0.481 e. The molecule has 1 saturated heterocycles. The van der Waals surface area contributed by atoms with Gasteiger partial charge in [0.2, 0.25) is 0 Å². The third-order valence-corrected chi connectivity index (χ3v) is 3.70.